The first-order chi connectivity index (χ1) is 7.99. The molecule has 8 heteroatoms. The van der Waals surface area contributed by atoms with Crippen LogP contribution in [0.3, 0.4) is 0 Å². The Balaban J connectivity index is 2.41. The standard InChI is InChI=1S/C9H7Br2N3O2S/c10-6-1-2-7(11)8(5-6)17(15,16)14-9-3-4-12-13-9/h1-5H,(H2,12,13,14). The predicted molar refractivity (Wildman–Crippen MR) is 71.2 cm³/mol. The summed E-state index contributed by atoms with van der Waals surface area (Å²) >= 11 is 6.44. The van der Waals surface area contributed by atoms with Crippen LogP contribution < -0.4 is 4.72 Å². The molecule has 17 heavy (non-hydrogen) atoms. The molecule has 0 aliphatic rings. The number of benzene rings is 1. The molecule has 0 atom stereocenters. The number of sulfonamides is 1. The lowest BCUT2D eigenvalue weighted by molar-refractivity contribution is 0.600. The molecule has 1 aromatic carbocycles. The minimum atomic E-state index is -3.63. The fraction of sp³-hybridized carbons (Fsp3) is 0. The number of aromatic amines is 1. The van der Waals surface area contributed by atoms with Crippen LogP contribution in [0.25, 0.3) is 0 Å². The normalized spacial score (nSPS) is 11.4. The van der Waals surface area contributed by atoms with Gasteiger partial charge in [0.15, 0.2) is 0 Å². The monoisotopic (exact) mass is 379 g/mol. The number of aromatic nitrogens is 2. The minimum Gasteiger partial charge on any atom is -0.264 e. The molecule has 0 spiro atoms. The highest BCUT2D eigenvalue weighted by atomic mass is 79.9. The second kappa shape index (κ2) is 4.79. The summed E-state index contributed by atoms with van der Waals surface area (Å²) in [7, 11) is -3.63. The van der Waals surface area contributed by atoms with Gasteiger partial charge in [0, 0.05) is 15.0 Å². The maximum absolute atomic E-state index is 12.1. The second-order valence-corrected chi connectivity index (χ2v) is 6.57. The average Bonchev–Trinajstić information content (AvgIpc) is 2.73. The number of rotatable bonds is 3. The summed E-state index contributed by atoms with van der Waals surface area (Å²) in [5.74, 6) is 0.317. The maximum Gasteiger partial charge on any atom is 0.264 e. The van der Waals surface area contributed by atoms with Crippen LogP contribution >= 0.6 is 31.9 Å². The predicted octanol–water partition coefficient (Wildman–Crippen LogP) is 2.74. The summed E-state index contributed by atoms with van der Waals surface area (Å²) in [6.07, 6.45) is 1.47. The van der Waals surface area contributed by atoms with Crippen LogP contribution in [0.4, 0.5) is 5.82 Å². The van der Waals surface area contributed by atoms with Crippen molar-refractivity contribution >= 4 is 47.7 Å². The summed E-state index contributed by atoms with van der Waals surface area (Å²) in [6.45, 7) is 0. The fourth-order valence-electron chi connectivity index (χ4n) is 1.20. The fourth-order valence-corrected chi connectivity index (χ4v) is 3.71. The number of nitrogens with one attached hydrogen (secondary N) is 2. The molecule has 0 fully saturated rings. The third-order valence-electron chi connectivity index (χ3n) is 1.93. The Hall–Kier alpha value is -0.860. The van der Waals surface area contributed by atoms with Gasteiger partial charge in [-0.2, -0.15) is 5.10 Å². The van der Waals surface area contributed by atoms with Crippen molar-refractivity contribution in [1.82, 2.24) is 10.2 Å². The Morgan fingerprint density at radius 1 is 1.24 bits per heavy atom. The lowest BCUT2D eigenvalue weighted by Gasteiger charge is -2.08. The molecule has 90 valence electrons. The van der Waals surface area contributed by atoms with Crippen LogP contribution in [0.1, 0.15) is 0 Å². The molecule has 2 rings (SSSR count). The van der Waals surface area contributed by atoms with Crippen LogP contribution in [0.15, 0.2) is 44.3 Å². The van der Waals surface area contributed by atoms with Crippen molar-refractivity contribution in [2.75, 3.05) is 4.72 Å². The molecule has 0 bridgehead atoms. The van der Waals surface area contributed by atoms with E-state index in [-0.39, 0.29) is 4.90 Å². The van der Waals surface area contributed by atoms with E-state index in [2.05, 4.69) is 46.8 Å². The SMILES string of the molecule is O=S(=O)(Nc1ccn[nH]1)c1cc(Br)ccc1Br. The van der Waals surface area contributed by atoms with Gasteiger partial charge in [0.25, 0.3) is 10.0 Å². The van der Waals surface area contributed by atoms with Gasteiger partial charge in [-0.15, -0.1) is 0 Å². The van der Waals surface area contributed by atoms with Gasteiger partial charge in [0.05, 0.1) is 6.20 Å². The van der Waals surface area contributed by atoms with Crippen LogP contribution in [0.5, 0.6) is 0 Å². The van der Waals surface area contributed by atoms with E-state index in [1.54, 1.807) is 12.1 Å². The first kappa shape index (κ1) is 12.6. The topological polar surface area (TPSA) is 74.8 Å². The molecule has 2 N–H and O–H groups in total. The van der Waals surface area contributed by atoms with Gasteiger partial charge in [0.2, 0.25) is 0 Å². The van der Waals surface area contributed by atoms with Crippen molar-refractivity contribution in [2.24, 2.45) is 0 Å². The molecule has 2 aromatic rings. The summed E-state index contributed by atoms with van der Waals surface area (Å²) in [5, 5.41) is 6.20. The van der Waals surface area contributed by atoms with Crippen LogP contribution in [-0.2, 0) is 10.0 Å². The number of hydrogen-bond acceptors (Lipinski definition) is 3. The van der Waals surface area contributed by atoms with E-state index < -0.39 is 10.0 Å². The molecule has 0 amide bonds. The Morgan fingerprint density at radius 2 is 2.00 bits per heavy atom. The van der Waals surface area contributed by atoms with Crippen molar-refractivity contribution < 1.29 is 8.42 Å². The average molecular weight is 381 g/mol. The zero-order valence-electron chi connectivity index (χ0n) is 8.31. The number of halogens is 2. The maximum atomic E-state index is 12.1. The van der Waals surface area contributed by atoms with Gasteiger partial charge in [0.1, 0.15) is 10.7 Å². The first-order valence-corrected chi connectivity index (χ1v) is 7.53. The largest absolute Gasteiger partial charge is 0.264 e. The van der Waals surface area contributed by atoms with E-state index in [4.69, 9.17) is 0 Å². The molecular formula is C9H7Br2N3O2S. The molecule has 0 aliphatic carbocycles. The van der Waals surface area contributed by atoms with Crippen molar-refractivity contribution in [1.29, 1.82) is 0 Å². The van der Waals surface area contributed by atoms with Crippen LogP contribution in [0, 0.1) is 0 Å². The molecule has 0 saturated heterocycles. The lowest BCUT2D eigenvalue weighted by atomic mass is 10.4. The Kier molecular flexibility index (Phi) is 3.55. The highest BCUT2D eigenvalue weighted by molar-refractivity contribution is 9.11. The molecule has 1 heterocycles. The van der Waals surface area contributed by atoms with Gasteiger partial charge < -0.3 is 0 Å². The summed E-state index contributed by atoms with van der Waals surface area (Å²) in [4.78, 5) is 0.154. The quantitative estimate of drug-likeness (QED) is 0.859. The lowest BCUT2D eigenvalue weighted by Crippen LogP contribution is -2.13. The molecule has 0 saturated carbocycles. The molecule has 1 aromatic heterocycles. The van der Waals surface area contributed by atoms with Gasteiger partial charge in [-0.25, -0.2) is 8.42 Å². The zero-order chi connectivity index (χ0) is 12.5. The minimum absolute atomic E-state index is 0.154. The third kappa shape index (κ3) is 2.88. The van der Waals surface area contributed by atoms with Crippen molar-refractivity contribution in [2.45, 2.75) is 4.90 Å². The smallest absolute Gasteiger partial charge is 0.264 e. The Morgan fingerprint density at radius 3 is 2.65 bits per heavy atom. The van der Waals surface area contributed by atoms with E-state index in [9.17, 15) is 8.42 Å². The number of H-pyrrole nitrogens is 1. The van der Waals surface area contributed by atoms with Gasteiger partial charge >= 0.3 is 0 Å². The van der Waals surface area contributed by atoms with Crippen molar-refractivity contribution in [3.8, 4) is 0 Å². The Labute approximate surface area is 115 Å². The molecule has 0 unspecified atom stereocenters. The molecule has 0 aliphatic heterocycles. The zero-order valence-corrected chi connectivity index (χ0v) is 12.3. The molecule has 5 nitrogen and oxygen atoms in total. The highest BCUT2D eigenvalue weighted by Gasteiger charge is 2.18. The van der Waals surface area contributed by atoms with Gasteiger partial charge in [-0.3, -0.25) is 9.82 Å². The summed E-state index contributed by atoms with van der Waals surface area (Å²) < 4.78 is 27.7. The number of hydrogen-bond donors (Lipinski definition) is 2. The highest BCUT2D eigenvalue weighted by Crippen LogP contribution is 2.26. The number of nitrogens with zero attached hydrogens (tertiary/aromatic N) is 1. The van der Waals surface area contributed by atoms with Crippen molar-refractivity contribution in [3.05, 3.63) is 39.4 Å². The second-order valence-electron chi connectivity index (χ2n) is 3.15. The van der Waals surface area contributed by atoms with Gasteiger partial charge in [-0.1, -0.05) is 15.9 Å². The number of anilines is 1. The molecular weight excluding hydrogens is 374 g/mol. The van der Waals surface area contributed by atoms with Crippen molar-refractivity contribution in [3.63, 3.8) is 0 Å². The van der Waals surface area contributed by atoms with E-state index in [1.165, 1.54) is 18.3 Å². The van der Waals surface area contributed by atoms with Crippen LogP contribution in [-0.4, -0.2) is 18.6 Å². The Bertz CT molecular complexity index is 626. The van der Waals surface area contributed by atoms with E-state index in [0.717, 1.165) is 0 Å². The first-order valence-electron chi connectivity index (χ1n) is 4.46. The summed E-state index contributed by atoms with van der Waals surface area (Å²) in [5.41, 5.74) is 0. The van der Waals surface area contributed by atoms with E-state index in [1.807, 2.05) is 0 Å². The molecule has 0 radical (unpaired) electrons. The van der Waals surface area contributed by atoms with E-state index in [0.29, 0.717) is 14.8 Å². The van der Waals surface area contributed by atoms with Gasteiger partial charge in [-0.05, 0) is 34.1 Å². The third-order valence-corrected chi connectivity index (χ3v) is 4.78. The van der Waals surface area contributed by atoms with E-state index >= 15 is 0 Å². The summed E-state index contributed by atoms with van der Waals surface area (Å²) in [6, 6.07) is 6.46. The van der Waals surface area contributed by atoms with Crippen LogP contribution in [0.2, 0.25) is 0 Å².